The molecule has 3 heteroatoms. The molecule has 3 unspecified atom stereocenters. The highest BCUT2D eigenvalue weighted by molar-refractivity contribution is 5.79. The van der Waals surface area contributed by atoms with Crippen LogP contribution in [0.5, 0.6) is 0 Å². The number of nitrogens with one attached hydrogen (secondary N) is 1. The van der Waals surface area contributed by atoms with Crippen LogP contribution in [-0.4, -0.2) is 18.0 Å². The van der Waals surface area contributed by atoms with Crippen LogP contribution < -0.4 is 11.1 Å². The maximum Gasteiger partial charge on any atom is 0.223 e. The van der Waals surface area contributed by atoms with E-state index in [9.17, 15) is 4.79 Å². The summed E-state index contributed by atoms with van der Waals surface area (Å²) in [6.07, 6.45) is 4.76. The van der Waals surface area contributed by atoms with Crippen molar-refractivity contribution in [3.8, 4) is 0 Å². The lowest BCUT2D eigenvalue weighted by atomic mass is 10.0. The van der Waals surface area contributed by atoms with Crippen molar-refractivity contribution in [1.82, 2.24) is 5.32 Å². The summed E-state index contributed by atoms with van der Waals surface area (Å²) in [5.74, 6) is 0.322. The van der Waals surface area contributed by atoms with Crippen LogP contribution >= 0.6 is 0 Å². The van der Waals surface area contributed by atoms with Gasteiger partial charge in [-0.2, -0.15) is 0 Å². The second-order valence-corrected chi connectivity index (χ2v) is 5.70. The number of benzene rings is 1. The maximum atomic E-state index is 12.0. The van der Waals surface area contributed by atoms with Crippen LogP contribution in [0.25, 0.3) is 0 Å². The largest absolute Gasteiger partial charge is 0.353 e. The van der Waals surface area contributed by atoms with E-state index in [0.29, 0.717) is 0 Å². The highest BCUT2D eigenvalue weighted by Crippen LogP contribution is 2.24. The third-order valence-corrected chi connectivity index (χ3v) is 3.94. The van der Waals surface area contributed by atoms with Crippen molar-refractivity contribution in [2.24, 2.45) is 11.7 Å². The van der Waals surface area contributed by atoms with Gasteiger partial charge in [-0.1, -0.05) is 30.3 Å². The first-order valence-electron chi connectivity index (χ1n) is 7.25. The molecule has 3 nitrogen and oxygen atoms in total. The Kier molecular flexibility index (Phi) is 4.97. The molecule has 0 saturated heterocycles. The summed E-state index contributed by atoms with van der Waals surface area (Å²) < 4.78 is 0. The van der Waals surface area contributed by atoms with Crippen molar-refractivity contribution in [3.05, 3.63) is 35.9 Å². The van der Waals surface area contributed by atoms with Gasteiger partial charge in [0.05, 0.1) is 0 Å². The topological polar surface area (TPSA) is 55.1 Å². The Balaban J connectivity index is 1.72. The molecule has 2 rings (SSSR count). The number of carbonyl (C=O) groups excluding carboxylic acids is 1. The number of rotatable bonds is 5. The lowest BCUT2D eigenvalue weighted by Crippen LogP contribution is -2.37. The summed E-state index contributed by atoms with van der Waals surface area (Å²) in [7, 11) is 0. The van der Waals surface area contributed by atoms with E-state index in [1.807, 2.05) is 6.07 Å². The zero-order valence-electron chi connectivity index (χ0n) is 11.6. The molecule has 1 amide bonds. The molecular formula is C16H24N2O. The lowest BCUT2D eigenvalue weighted by Gasteiger charge is -2.17. The van der Waals surface area contributed by atoms with Crippen molar-refractivity contribution in [2.45, 2.75) is 51.1 Å². The van der Waals surface area contributed by atoms with E-state index in [4.69, 9.17) is 5.73 Å². The van der Waals surface area contributed by atoms with Gasteiger partial charge in [0.25, 0.3) is 0 Å². The van der Waals surface area contributed by atoms with E-state index in [0.717, 1.165) is 32.1 Å². The van der Waals surface area contributed by atoms with Gasteiger partial charge < -0.3 is 11.1 Å². The summed E-state index contributed by atoms with van der Waals surface area (Å²) in [6.45, 7) is 2.08. The van der Waals surface area contributed by atoms with Gasteiger partial charge >= 0.3 is 0 Å². The third kappa shape index (κ3) is 4.35. The van der Waals surface area contributed by atoms with Crippen LogP contribution in [0.3, 0.4) is 0 Å². The zero-order chi connectivity index (χ0) is 13.7. The fourth-order valence-electron chi connectivity index (χ4n) is 2.72. The zero-order valence-corrected chi connectivity index (χ0v) is 11.6. The molecule has 1 aromatic carbocycles. The minimum Gasteiger partial charge on any atom is -0.353 e. The van der Waals surface area contributed by atoms with Crippen LogP contribution in [0, 0.1) is 5.92 Å². The van der Waals surface area contributed by atoms with Gasteiger partial charge in [-0.3, -0.25) is 4.79 Å². The smallest absolute Gasteiger partial charge is 0.223 e. The minimum absolute atomic E-state index is 0.133. The highest BCUT2D eigenvalue weighted by atomic mass is 16.1. The van der Waals surface area contributed by atoms with Gasteiger partial charge in [0, 0.05) is 18.0 Å². The summed E-state index contributed by atoms with van der Waals surface area (Å²) >= 11 is 0. The summed E-state index contributed by atoms with van der Waals surface area (Å²) in [5, 5.41) is 3.12. The first-order valence-corrected chi connectivity index (χ1v) is 7.25. The number of aryl methyl sites for hydroxylation is 1. The van der Waals surface area contributed by atoms with E-state index in [-0.39, 0.29) is 23.9 Å². The molecule has 104 valence electrons. The molecule has 0 aromatic heterocycles. The fraction of sp³-hybridized carbons (Fsp3) is 0.562. The molecule has 1 fully saturated rings. The number of amides is 1. The van der Waals surface area contributed by atoms with Gasteiger partial charge in [0.2, 0.25) is 5.91 Å². The van der Waals surface area contributed by atoms with Crippen LogP contribution in [0.4, 0.5) is 0 Å². The number of carbonyl (C=O) groups is 1. The van der Waals surface area contributed by atoms with Crippen molar-refractivity contribution < 1.29 is 4.79 Å². The summed E-state index contributed by atoms with van der Waals surface area (Å²) in [5.41, 5.74) is 7.17. The molecule has 1 aliphatic carbocycles. The predicted molar refractivity (Wildman–Crippen MR) is 77.7 cm³/mol. The quantitative estimate of drug-likeness (QED) is 0.853. The van der Waals surface area contributed by atoms with Crippen molar-refractivity contribution >= 4 is 5.91 Å². The average molecular weight is 260 g/mol. The van der Waals surface area contributed by atoms with Crippen LogP contribution in [0.2, 0.25) is 0 Å². The van der Waals surface area contributed by atoms with Gasteiger partial charge in [0.1, 0.15) is 0 Å². The second-order valence-electron chi connectivity index (χ2n) is 5.70. The number of nitrogens with two attached hydrogens (primary N) is 1. The molecule has 1 aliphatic rings. The molecule has 0 bridgehead atoms. The van der Waals surface area contributed by atoms with Crippen LogP contribution in [-0.2, 0) is 11.2 Å². The van der Waals surface area contributed by atoms with Crippen molar-refractivity contribution in [2.75, 3.05) is 0 Å². The van der Waals surface area contributed by atoms with E-state index in [2.05, 4.69) is 36.5 Å². The standard InChI is InChI=1S/C16H24N2O/c1-12(7-8-13-5-3-2-4-6-13)18-16(19)14-9-10-15(17)11-14/h2-6,12,14-15H,7-11,17H2,1H3,(H,18,19). The van der Waals surface area contributed by atoms with Crippen molar-refractivity contribution in [1.29, 1.82) is 0 Å². The second kappa shape index (κ2) is 6.71. The third-order valence-electron chi connectivity index (χ3n) is 3.94. The maximum absolute atomic E-state index is 12.0. The summed E-state index contributed by atoms with van der Waals surface area (Å²) in [4.78, 5) is 12.0. The van der Waals surface area contributed by atoms with E-state index >= 15 is 0 Å². The molecule has 3 atom stereocenters. The molecule has 1 saturated carbocycles. The van der Waals surface area contributed by atoms with Crippen LogP contribution in [0.15, 0.2) is 30.3 Å². The van der Waals surface area contributed by atoms with E-state index in [1.54, 1.807) is 0 Å². The Morgan fingerprint density at radius 3 is 2.74 bits per heavy atom. The van der Waals surface area contributed by atoms with Crippen LogP contribution in [0.1, 0.15) is 38.2 Å². The van der Waals surface area contributed by atoms with E-state index < -0.39 is 0 Å². The van der Waals surface area contributed by atoms with Gasteiger partial charge in [-0.15, -0.1) is 0 Å². The van der Waals surface area contributed by atoms with E-state index in [1.165, 1.54) is 5.56 Å². The molecule has 0 heterocycles. The fourth-order valence-corrected chi connectivity index (χ4v) is 2.72. The minimum atomic E-state index is 0.133. The Bertz CT molecular complexity index is 404. The van der Waals surface area contributed by atoms with Gasteiger partial charge in [-0.25, -0.2) is 0 Å². The Hall–Kier alpha value is -1.35. The first kappa shape index (κ1) is 14.1. The molecule has 0 spiro atoms. The molecule has 3 N–H and O–H groups in total. The SMILES string of the molecule is CC(CCc1ccccc1)NC(=O)C1CCC(N)C1. The lowest BCUT2D eigenvalue weighted by molar-refractivity contribution is -0.125. The first-order chi connectivity index (χ1) is 9.15. The Morgan fingerprint density at radius 1 is 1.37 bits per heavy atom. The predicted octanol–water partition coefficient (Wildman–Crippen LogP) is 2.25. The monoisotopic (exact) mass is 260 g/mol. The van der Waals surface area contributed by atoms with Crippen molar-refractivity contribution in [3.63, 3.8) is 0 Å². The summed E-state index contributed by atoms with van der Waals surface area (Å²) in [6, 6.07) is 10.8. The highest BCUT2D eigenvalue weighted by Gasteiger charge is 2.28. The molecule has 1 aromatic rings. The van der Waals surface area contributed by atoms with Gasteiger partial charge in [0.15, 0.2) is 0 Å². The van der Waals surface area contributed by atoms with Gasteiger partial charge in [-0.05, 0) is 44.6 Å². The Morgan fingerprint density at radius 2 is 2.11 bits per heavy atom. The normalized spacial score (nSPS) is 24.1. The average Bonchev–Trinajstić information content (AvgIpc) is 2.84. The molecule has 0 radical (unpaired) electrons. The molecule has 0 aliphatic heterocycles. The Labute approximate surface area is 115 Å². The number of hydrogen-bond acceptors (Lipinski definition) is 2. The molecular weight excluding hydrogens is 236 g/mol. The molecule has 19 heavy (non-hydrogen) atoms. The number of hydrogen-bond donors (Lipinski definition) is 2.